The van der Waals surface area contributed by atoms with E-state index in [4.69, 9.17) is 0 Å². The molecule has 1 amide bonds. The van der Waals surface area contributed by atoms with Crippen LogP contribution in [-0.2, 0) is 4.79 Å². The number of phenolic OH excluding ortho intramolecular Hbond substituents is 1. The number of aliphatic carboxylic acids is 1. The molecule has 5 nitrogen and oxygen atoms in total. The van der Waals surface area contributed by atoms with Crippen molar-refractivity contribution < 1.29 is 19.8 Å². The summed E-state index contributed by atoms with van der Waals surface area (Å²) in [5, 5.41) is 19.4. The van der Waals surface area contributed by atoms with E-state index in [1.54, 1.807) is 12.1 Å². The molecular formula is C15H16INO4. The van der Waals surface area contributed by atoms with E-state index in [2.05, 4.69) is 22.6 Å². The molecule has 1 saturated heterocycles. The topological polar surface area (TPSA) is 77.8 Å². The molecule has 1 saturated carbocycles. The maximum absolute atomic E-state index is 12.7. The first-order chi connectivity index (χ1) is 9.99. The number of nitrogens with zero attached hydrogens (tertiary/aromatic N) is 1. The van der Waals surface area contributed by atoms with Crippen LogP contribution in [0.15, 0.2) is 18.2 Å². The SMILES string of the molecule is O=C(O)C1C2CCCC2CN1C(=O)c1cc(I)ccc1O. The number of benzene rings is 1. The van der Waals surface area contributed by atoms with Crippen molar-refractivity contribution in [1.82, 2.24) is 4.90 Å². The van der Waals surface area contributed by atoms with Crippen molar-refractivity contribution >= 4 is 34.5 Å². The zero-order chi connectivity index (χ0) is 15.1. The monoisotopic (exact) mass is 401 g/mol. The molecule has 112 valence electrons. The van der Waals surface area contributed by atoms with E-state index in [1.165, 1.54) is 11.0 Å². The number of phenols is 1. The maximum Gasteiger partial charge on any atom is 0.326 e. The zero-order valence-corrected chi connectivity index (χ0v) is 13.5. The lowest BCUT2D eigenvalue weighted by molar-refractivity contribution is -0.142. The highest BCUT2D eigenvalue weighted by Gasteiger charge is 2.49. The van der Waals surface area contributed by atoms with Crippen LogP contribution < -0.4 is 0 Å². The third kappa shape index (κ3) is 2.49. The average molecular weight is 401 g/mol. The van der Waals surface area contributed by atoms with Crippen LogP contribution in [-0.4, -0.2) is 39.6 Å². The summed E-state index contributed by atoms with van der Waals surface area (Å²) in [7, 11) is 0. The molecule has 2 N–H and O–H groups in total. The Hall–Kier alpha value is -1.31. The number of carbonyl (C=O) groups is 2. The molecule has 3 unspecified atom stereocenters. The molecule has 21 heavy (non-hydrogen) atoms. The number of likely N-dealkylation sites (tertiary alicyclic amines) is 1. The highest BCUT2D eigenvalue weighted by Crippen LogP contribution is 2.43. The summed E-state index contributed by atoms with van der Waals surface area (Å²) in [6, 6.07) is 4.02. The van der Waals surface area contributed by atoms with Gasteiger partial charge in [-0.15, -0.1) is 0 Å². The van der Waals surface area contributed by atoms with Gasteiger partial charge in [-0.3, -0.25) is 4.79 Å². The largest absolute Gasteiger partial charge is 0.507 e. The van der Waals surface area contributed by atoms with Crippen LogP contribution in [0, 0.1) is 15.4 Å². The fourth-order valence-corrected chi connectivity index (χ4v) is 4.16. The van der Waals surface area contributed by atoms with Crippen molar-refractivity contribution in [3.8, 4) is 5.75 Å². The Bertz CT molecular complexity index is 603. The highest BCUT2D eigenvalue weighted by atomic mass is 127. The van der Waals surface area contributed by atoms with Gasteiger partial charge in [0.2, 0.25) is 0 Å². The van der Waals surface area contributed by atoms with E-state index in [9.17, 15) is 19.8 Å². The Labute approximate surface area is 136 Å². The Kier molecular flexibility index (Phi) is 3.81. The summed E-state index contributed by atoms with van der Waals surface area (Å²) in [6.07, 6.45) is 2.88. The Morgan fingerprint density at radius 2 is 2.05 bits per heavy atom. The molecule has 0 bridgehead atoms. The standard InChI is InChI=1S/C15H16INO4/c16-9-4-5-12(18)11(6-9)14(19)17-7-8-2-1-3-10(8)13(17)15(20)21/h4-6,8,10,13,18H,1-3,7H2,(H,20,21). The lowest BCUT2D eigenvalue weighted by atomic mass is 9.94. The van der Waals surface area contributed by atoms with Gasteiger partial charge in [-0.2, -0.15) is 0 Å². The molecule has 1 aliphatic carbocycles. The van der Waals surface area contributed by atoms with Gasteiger partial charge in [0.15, 0.2) is 0 Å². The molecule has 1 aliphatic heterocycles. The molecular weight excluding hydrogens is 385 g/mol. The number of hydrogen-bond donors (Lipinski definition) is 2. The first-order valence-electron chi connectivity index (χ1n) is 7.01. The molecule has 1 aromatic carbocycles. The lowest BCUT2D eigenvalue weighted by Gasteiger charge is -2.24. The maximum atomic E-state index is 12.7. The number of carbonyl (C=O) groups excluding carboxylic acids is 1. The van der Waals surface area contributed by atoms with Gasteiger partial charge < -0.3 is 15.1 Å². The molecule has 2 aliphatic rings. The fourth-order valence-electron chi connectivity index (χ4n) is 3.67. The fraction of sp³-hybridized carbons (Fsp3) is 0.467. The molecule has 0 spiro atoms. The molecule has 1 aromatic rings. The normalized spacial score (nSPS) is 27.7. The quantitative estimate of drug-likeness (QED) is 0.746. The van der Waals surface area contributed by atoms with Gasteiger partial charge in [0.1, 0.15) is 11.8 Å². The number of fused-ring (bicyclic) bond motifs is 1. The van der Waals surface area contributed by atoms with E-state index in [0.29, 0.717) is 6.54 Å². The molecule has 3 rings (SSSR count). The minimum Gasteiger partial charge on any atom is -0.507 e. The van der Waals surface area contributed by atoms with E-state index in [-0.39, 0.29) is 29.1 Å². The Balaban J connectivity index is 1.93. The number of carboxylic acids is 1. The molecule has 2 fully saturated rings. The van der Waals surface area contributed by atoms with Crippen molar-refractivity contribution in [1.29, 1.82) is 0 Å². The molecule has 1 heterocycles. The van der Waals surface area contributed by atoms with Crippen molar-refractivity contribution in [3.63, 3.8) is 0 Å². The minimum absolute atomic E-state index is 0.0522. The van der Waals surface area contributed by atoms with Gasteiger partial charge >= 0.3 is 5.97 Å². The molecule has 0 radical (unpaired) electrons. The number of halogens is 1. The predicted molar refractivity (Wildman–Crippen MR) is 84.1 cm³/mol. The van der Waals surface area contributed by atoms with Crippen molar-refractivity contribution in [2.24, 2.45) is 11.8 Å². The number of aromatic hydroxyl groups is 1. The number of hydrogen-bond acceptors (Lipinski definition) is 3. The Morgan fingerprint density at radius 3 is 2.76 bits per heavy atom. The number of rotatable bonds is 2. The van der Waals surface area contributed by atoms with Gasteiger partial charge in [-0.05, 0) is 65.5 Å². The third-order valence-electron chi connectivity index (χ3n) is 4.59. The van der Waals surface area contributed by atoms with Crippen LogP contribution >= 0.6 is 22.6 Å². The molecule has 0 aromatic heterocycles. The third-order valence-corrected chi connectivity index (χ3v) is 5.26. The second-order valence-corrected chi connectivity index (χ2v) is 7.00. The van der Waals surface area contributed by atoms with Crippen molar-refractivity contribution in [2.75, 3.05) is 6.54 Å². The van der Waals surface area contributed by atoms with E-state index in [1.807, 2.05) is 0 Å². The van der Waals surface area contributed by atoms with E-state index in [0.717, 1.165) is 22.8 Å². The summed E-state index contributed by atoms with van der Waals surface area (Å²) >= 11 is 2.07. The van der Waals surface area contributed by atoms with Gasteiger partial charge in [0.05, 0.1) is 5.56 Å². The number of amides is 1. The van der Waals surface area contributed by atoms with Crippen LogP contribution in [0.25, 0.3) is 0 Å². The first-order valence-corrected chi connectivity index (χ1v) is 8.09. The summed E-state index contributed by atoms with van der Waals surface area (Å²) in [5.74, 6) is -1.09. The van der Waals surface area contributed by atoms with Crippen molar-refractivity contribution in [2.45, 2.75) is 25.3 Å². The summed E-state index contributed by atoms with van der Waals surface area (Å²) in [6.45, 7) is 0.478. The second-order valence-electron chi connectivity index (χ2n) is 5.76. The minimum atomic E-state index is -0.942. The van der Waals surface area contributed by atoms with Gasteiger partial charge in [-0.25, -0.2) is 4.79 Å². The van der Waals surface area contributed by atoms with Crippen LogP contribution in [0.5, 0.6) is 5.75 Å². The predicted octanol–water partition coefficient (Wildman–Crippen LogP) is 2.32. The zero-order valence-electron chi connectivity index (χ0n) is 11.3. The molecule has 3 atom stereocenters. The second kappa shape index (κ2) is 5.47. The van der Waals surface area contributed by atoms with Crippen molar-refractivity contribution in [3.05, 3.63) is 27.3 Å². The Morgan fingerprint density at radius 1 is 1.29 bits per heavy atom. The smallest absolute Gasteiger partial charge is 0.326 e. The van der Waals surface area contributed by atoms with Crippen LogP contribution in [0.4, 0.5) is 0 Å². The summed E-state index contributed by atoms with van der Waals surface area (Å²) in [4.78, 5) is 25.7. The lowest BCUT2D eigenvalue weighted by Crippen LogP contribution is -2.43. The van der Waals surface area contributed by atoms with Gasteiger partial charge in [-0.1, -0.05) is 6.42 Å². The van der Waals surface area contributed by atoms with E-state index < -0.39 is 12.0 Å². The summed E-state index contributed by atoms with van der Waals surface area (Å²) in [5.41, 5.74) is 0.188. The average Bonchev–Trinajstić information content (AvgIpc) is 3.00. The molecule has 6 heteroatoms. The van der Waals surface area contributed by atoms with Crippen LogP contribution in [0.1, 0.15) is 29.6 Å². The van der Waals surface area contributed by atoms with Crippen LogP contribution in [0.3, 0.4) is 0 Å². The van der Waals surface area contributed by atoms with Gasteiger partial charge in [0.25, 0.3) is 5.91 Å². The van der Waals surface area contributed by atoms with Crippen LogP contribution in [0.2, 0.25) is 0 Å². The first kappa shape index (κ1) is 14.6. The van der Waals surface area contributed by atoms with E-state index >= 15 is 0 Å². The highest BCUT2D eigenvalue weighted by molar-refractivity contribution is 14.1. The number of carboxylic acid groups (broad SMARTS) is 1. The van der Waals surface area contributed by atoms with Gasteiger partial charge in [0, 0.05) is 10.1 Å². The summed E-state index contributed by atoms with van der Waals surface area (Å²) < 4.78 is 0.833.